The van der Waals surface area contributed by atoms with Crippen molar-refractivity contribution in [2.45, 2.75) is 11.0 Å². The Kier molecular flexibility index (Phi) is 4.95. The average Bonchev–Trinajstić information content (AvgIpc) is 3.22. The highest BCUT2D eigenvalue weighted by molar-refractivity contribution is 7.98. The summed E-state index contributed by atoms with van der Waals surface area (Å²) in [4.78, 5) is 3.98. The maximum absolute atomic E-state index is 9.25. The maximum Gasteiger partial charge on any atom is 0.277 e. The number of hydrogen-bond donors (Lipinski definition) is 0. The molecule has 0 bridgehead atoms. The van der Waals surface area contributed by atoms with Gasteiger partial charge in [0.05, 0.1) is 11.6 Å². The lowest BCUT2D eigenvalue weighted by Crippen LogP contribution is -1.85. The van der Waals surface area contributed by atoms with Crippen LogP contribution in [-0.4, -0.2) is 15.2 Å². The lowest BCUT2D eigenvalue weighted by molar-refractivity contribution is 0.466. The van der Waals surface area contributed by atoms with E-state index in [1.165, 1.54) is 11.8 Å². The van der Waals surface area contributed by atoms with Crippen LogP contribution >= 0.6 is 11.8 Å². The molecular weight excluding hydrogens is 356 g/mol. The average molecular weight is 370 g/mol. The van der Waals surface area contributed by atoms with Crippen molar-refractivity contribution in [3.8, 4) is 28.7 Å². The molecule has 0 aliphatic heterocycles. The highest BCUT2D eigenvalue weighted by atomic mass is 32.2. The minimum atomic E-state index is 0.489. The number of benzene rings is 2. The van der Waals surface area contributed by atoms with Crippen LogP contribution in [0, 0.1) is 11.3 Å². The van der Waals surface area contributed by atoms with E-state index < -0.39 is 0 Å². The summed E-state index contributed by atoms with van der Waals surface area (Å²) < 4.78 is 5.69. The molecule has 0 unspecified atom stereocenters. The van der Waals surface area contributed by atoms with Gasteiger partial charge in [-0.1, -0.05) is 54.2 Å². The lowest BCUT2D eigenvalue weighted by atomic mass is 10.00. The van der Waals surface area contributed by atoms with Gasteiger partial charge >= 0.3 is 0 Å². The summed E-state index contributed by atoms with van der Waals surface area (Å²) in [5, 5.41) is 17.9. The second-order valence-corrected chi connectivity index (χ2v) is 6.68. The molecule has 4 aromatic rings. The third kappa shape index (κ3) is 3.89. The molecule has 4 rings (SSSR count). The normalized spacial score (nSPS) is 10.5. The van der Waals surface area contributed by atoms with E-state index in [9.17, 15) is 5.26 Å². The summed E-state index contributed by atoms with van der Waals surface area (Å²) in [6, 6.07) is 21.7. The Bertz CT molecular complexity index is 1090. The zero-order valence-electron chi connectivity index (χ0n) is 14.2. The molecule has 27 heavy (non-hydrogen) atoms. The summed E-state index contributed by atoms with van der Waals surface area (Å²) in [6.07, 6.45) is 3.39. The first-order valence-electron chi connectivity index (χ1n) is 8.28. The van der Waals surface area contributed by atoms with E-state index >= 15 is 0 Å². The minimum Gasteiger partial charge on any atom is -0.411 e. The molecule has 0 spiro atoms. The van der Waals surface area contributed by atoms with E-state index in [1.807, 2.05) is 48.5 Å². The van der Waals surface area contributed by atoms with Crippen LogP contribution in [0.2, 0.25) is 0 Å². The van der Waals surface area contributed by atoms with E-state index in [0.29, 0.717) is 16.7 Å². The maximum atomic E-state index is 9.25. The molecule has 0 amide bonds. The third-order valence-corrected chi connectivity index (χ3v) is 4.90. The van der Waals surface area contributed by atoms with Gasteiger partial charge in [-0.25, -0.2) is 0 Å². The van der Waals surface area contributed by atoms with Gasteiger partial charge in [0, 0.05) is 23.7 Å². The quantitative estimate of drug-likeness (QED) is 0.462. The molecule has 2 heterocycles. The minimum absolute atomic E-state index is 0.489. The number of pyridine rings is 1. The Labute approximate surface area is 160 Å². The Balaban J connectivity index is 1.44. The molecule has 0 atom stereocenters. The van der Waals surface area contributed by atoms with E-state index in [4.69, 9.17) is 4.42 Å². The second kappa shape index (κ2) is 7.85. The summed E-state index contributed by atoms with van der Waals surface area (Å²) >= 11 is 1.49. The number of aromatic nitrogens is 3. The molecule has 0 saturated heterocycles. The molecule has 5 nitrogen and oxygen atoms in total. The monoisotopic (exact) mass is 370 g/mol. The van der Waals surface area contributed by atoms with Gasteiger partial charge in [0.15, 0.2) is 0 Å². The smallest absolute Gasteiger partial charge is 0.277 e. The predicted molar refractivity (Wildman–Crippen MR) is 104 cm³/mol. The van der Waals surface area contributed by atoms with E-state index in [-0.39, 0.29) is 0 Å². The molecule has 0 saturated carbocycles. The van der Waals surface area contributed by atoms with Gasteiger partial charge < -0.3 is 4.42 Å². The molecule has 0 aliphatic rings. The zero-order valence-corrected chi connectivity index (χ0v) is 15.1. The zero-order chi connectivity index (χ0) is 18.5. The number of hydrogen-bond acceptors (Lipinski definition) is 6. The Morgan fingerprint density at radius 3 is 2.44 bits per heavy atom. The Morgan fingerprint density at radius 2 is 1.67 bits per heavy atom. The van der Waals surface area contributed by atoms with Crippen molar-refractivity contribution in [2.24, 2.45) is 0 Å². The van der Waals surface area contributed by atoms with Crippen molar-refractivity contribution in [3.05, 3.63) is 84.2 Å². The predicted octanol–water partition coefficient (Wildman–Crippen LogP) is 4.96. The number of rotatable bonds is 5. The van der Waals surface area contributed by atoms with Gasteiger partial charge in [0.1, 0.15) is 0 Å². The first kappa shape index (κ1) is 17.0. The highest BCUT2D eigenvalue weighted by Gasteiger charge is 2.09. The number of nitriles is 1. The molecule has 2 aromatic carbocycles. The van der Waals surface area contributed by atoms with Crippen LogP contribution in [0.25, 0.3) is 22.6 Å². The SMILES string of the molecule is N#Cc1ccccc1-c1ccc(CSc2nnc(-c3ccncc3)o2)cc1. The van der Waals surface area contributed by atoms with Crippen LogP contribution < -0.4 is 0 Å². The molecule has 0 fully saturated rings. The van der Waals surface area contributed by atoms with Crippen LogP contribution in [0.3, 0.4) is 0 Å². The van der Waals surface area contributed by atoms with Gasteiger partial charge in [0.2, 0.25) is 5.89 Å². The lowest BCUT2D eigenvalue weighted by Gasteiger charge is -2.05. The molecular formula is C21H14N4OS. The molecule has 0 radical (unpaired) electrons. The molecule has 6 heteroatoms. The fourth-order valence-corrected chi connectivity index (χ4v) is 3.36. The van der Waals surface area contributed by atoms with Crippen molar-refractivity contribution in [1.82, 2.24) is 15.2 Å². The van der Waals surface area contributed by atoms with Crippen LogP contribution in [0.15, 0.2) is 82.7 Å². The summed E-state index contributed by atoms with van der Waals surface area (Å²) in [6.45, 7) is 0. The van der Waals surface area contributed by atoms with Crippen LogP contribution in [-0.2, 0) is 5.75 Å². The second-order valence-electron chi connectivity index (χ2n) is 5.75. The van der Waals surface area contributed by atoms with Gasteiger partial charge in [-0.2, -0.15) is 5.26 Å². The first-order chi connectivity index (χ1) is 13.3. The molecule has 2 aromatic heterocycles. The van der Waals surface area contributed by atoms with Crippen molar-refractivity contribution in [1.29, 1.82) is 5.26 Å². The van der Waals surface area contributed by atoms with Crippen molar-refractivity contribution in [3.63, 3.8) is 0 Å². The molecule has 130 valence electrons. The third-order valence-electron chi connectivity index (χ3n) is 4.01. The van der Waals surface area contributed by atoms with Gasteiger partial charge in [-0.15, -0.1) is 10.2 Å². The van der Waals surface area contributed by atoms with Gasteiger partial charge in [-0.05, 0) is 34.9 Å². The van der Waals surface area contributed by atoms with Crippen LogP contribution in [0.1, 0.15) is 11.1 Å². The Hall–Kier alpha value is -3.43. The number of nitrogens with zero attached hydrogens (tertiary/aromatic N) is 4. The summed E-state index contributed by atoms with van der Waals surface area (Å²) in [7, 11) is 0. The van der Waals surface area contributed by atoms with Crippen molar-refractivity contribution < 1.29 is 4.42 Å². The summed E-state index contributed by atoms with van der Waals surface area (Å²) in [5.41, 5.74) is 4.64. The first-order valence-corrected chi connectivity index (χ1v) is 9.27. The molecule has 0 aliphatic carbocycles. The molecule has 0 N–H and O–H groups in total. The van der Waals surface area contributed by atoms with Crippen LogP contribution in [0.4, 0.5) is 0 Å². The number of thioether (sulfide) groups is 1. The van der Waals surface area contributed by atoms with E-state index in [0.717, 1.165) is 28.0 Å². The largest absolute Gasteiger partial charge is 0.411 e. The fraction of sp³-hybridized carbons (Fsp3) is 0.0476. The standard InChI is InChI=1S/C21H14N4OS/c22-13-18-3-1-2-4-19(18)16-7-5-15(6-8-16)14-27-21-25-24-20(26-21)17-9-11-23-12-10-17/h1-12H,14H2. The van der Waals surface area contributed by atoms with Gasteiger partial charge in [-0.3, -0.25) is 4.98 Å². The highest BCUT2D eigenvalue weighted by Crippen LogP contribution is 2.27. The Morgan fingerprint density at radius 1 is 0.889 bits per heavy atom. The van der Waals surface area contributed by atoms with Crippen molar-refractivity contribution in [2.75, 3.05) is 0 Å². The van der Waals surface area contributed by atoms with Crippen molar-refractivity contribution >= 4 is 11.8 Å². The topological polar surface area (TPSA) is 75.6 Å². The van der Waals surface area contributed by atoms with Crippen LogP contribution in [0.5, 0.6) is 0 Å². The van der Waals surface area contributed by atoms with Gasteiger partial charge in [0.25, 0.3) is 5.22 Å². The summed E-state index contributed by atoms with van der Waals surface area (Å²) in [5.74, 6) is 1.21. The fourth-order valence-electron chi connectivity index (χ4n) is 2.64. The van der Waals surface area contributed by atoms with E-state index in [2.05, 4.69) is 33.4 Å². The van der Waals surface area contributed by atoms with E-state index in [1.54, 1.807) is 12.4 Å².